The molecule has 1 N–H and O–H groups in total. The van der Waals surface area contributed by atoms with Crippen molar-refractivity contribution in [3.05, 3.63) is 50.3 Å². The average Bonchev–Trinajstić information content (AvgIpc) is 2.62. The van der Waals surface area contributed by atoms with Crippen molar-refractivity contribution in [3.63, 3.8) is 0 Å². The zero-order valence-corrected chi connectivity index (χ0v) is 13.0. The van der Waals surface area contributed by atoms with Crippen LogP contribution in [0, 0.1) is 37.8 Å². The van der Waals surface area contributed by atoms with Gasteiger partial charge < -0.3 is 5.32 Å². The summed E-state index contributed by atoms with van der Waals surface area (Å²) in [5.74, 6) is 0. The zero-order chi connectivity index (χ0) is 15.7. The summed E-state index contributed by atoms with van der Waals surface area (Å²) in [6.45, 7) is 8.29. The molecule has 21 heavy (non-hydrogen) atoms. The summed E-state index contributed by atoms with van der Waals surface area (Å²) in [6, 6.07) is 3.44. The highest BCUT2D eigenvalue weighted by Gasteiger charge is 2.14. The molecule has 0 saturated carbocycles. The molecule has 1 aromatic carbocycles. The Kier molecular flexibility index (Phi) is 3.97. The number of aryl methyl sites for hydroxylation is 4. The highest BCUT2D eigenvalue weighted by atomic mass is 16.6. The predicted molar refractivity (Wildman–Crippen MR) is 82.6 cm³/mol. The molecule has 0 bridgehead atoms. The summed E-state index contributed by atoms with van der Waals surface area (Å²) in [4.78, 5) is 10.7. The normalized spacial score (nSPS) is 10.7. The topological polar surface area (TPSA) is 73.0 Å². The van der Waals surface area contributed by atoms with Gasteiger partial charge in [-0.2, -0.15) is 5.10 Å². The van der Waals surface area contributed by atoms with Crippen molar-refractivity contribution in [2.45, 2.75) is 34.2 Å². The summed E-state index contributed by atoms with van der Waals surface area (Å²) in [5.41, 5.74) is 5.80. The van der Waals surface area contributed by atoms with Crippen LogP contribution < -0.4 is 5.32 Å². The number of nitro benzene ring substituents is 1. The van der Waals surface area contributed by atoms with Crippen LogP contribution in [0.2, 0.25) is 0 Å². The highest BCUT2D eigenvalue weighted by Crippen LogP contribution is 2.27. The molecule has 112 valence electrons. The molecule has 0 radical (unpaired) electrons. The second-order valence-electron chi connectivity index (χ2n) is 5.34. The van der Waals surface area contributed by atoms with Crippen molar-refractivity contribution in [1.29, 1.82) is 0 Å². The first-order chi connectivity index (χ1) is 9.81. The number of rotatable bonds is 4. The molecular formula is C15H20N4O2. The highest BCUT2D eigenvalue weighted by molar-refractivity contribution is 5.60. The van der Waals surface area contributed by atoms with Crippen molar-refractivity contribution in [2.24, 2.45) is 7.05 Å². The lowest BCUT2D eigenvalue weighted by Gasteiger charge is -2.11. The van der Waals surface area contributed by atoms with E-state index in [0.717, 1.165) is 28.2 Å². The minimum atomic E-state index is -0.347. The molecule has 6 heteroatoms. The Hall–Kier alpha value is -2.37. The minimum Gasteiger partial charge on any atom is -0.380 e. The van der Waals surface area contributed by atoms with Gasteiger partial charge in [-0.1, -0.05) is 0 Å². The van der Waals surface area contributed by atoms with Crippen LogP contribution >= 0.6 is 0 Å². The number of nitrogens with zero attached hydrogens (tertiary/aromatic N) is 3. The second kappa shape index (κ2) is 5.55. The quantitative estimate of drug-likeness (QED) is 0.692. The maximum absolute atomic E-state index is 11.0. The Morgan fingerprint density at radius 2 is 1.90 bits per heavy atom. The van der Waals surface area contributed by atoms with Crippen LogP contribution in [-0.2, 0) is 13.6 Å². The van der Waals surface area contributed by atoms with E-state index in [0.29, 0.717) is 12.1 Å². The number of benzene rings is 1. The number of hydrogen-bond acceptors (Lipinski definition) is 4. The predicted octanol–water partition coefficient (Wildman–Crippen LogP) is 3.17. The molecule has 0 amide bonds. The van der Waals surface area contributed by atoms with Gasteiger partial charge in [-0.15, -0.1) is 0 Å². The lowest BCUT2D eigenvalue weighted by molar-refractivity contribution is -0.385. The van der Waals surface area contributed by atoms with Crippen molar-refractivity contribution in [2.75, 3.05) is 5.32 Å². The third-order valence-corrected chi connectivity index (χ3v) is 3.85. The number of hydrogen-bond donors (Lipinski definition) is 1. The van der Waals surface area contributed by atoms with Crippen LogP contribution in [0.5, 0.6) is 0 Å². The second-order valence-corrected chi connectivity index (χ2v) is 5.34. The standard InChI is InChI=1S/C15H20N4O2/c1-9-6-10(2)15(19(20)21)7-14(9)16-8-13-11(3)17-18(5)12(13)4/h6-7,16H,8H2,1-5H3. The smallest absolute Gasteiger partial charge is 0.274 e. The molecule has 1 heterocycles. The SMILES string of the molecule is Cc1cc(C)c([N+](=O)[O-])cc1NCc1c(C)nn(C)c1C. The van der Waals surface area contributed by atoms with Gasteiger partial charge in [0, 0.05) is 42.2 Å². The molecule has 0 fully saturated rings. The van der Waals surface area contributed by atoms with Crippen molar-refractivity contribution in [3.8, 4) is 0 Å². The Morgan fingerprint density at radius 1 is 1.24 bits per heavy atom. The monoisotopic (exact) mass is 288 g/mol. The van der Waals surface area contributed by atoms with E-state index in [1.54, 1.807) is 13.0 Å². The summed E-state index contributed by atoms with van der Waals surface area (Å²) in [5, 5.41) is 18.7. The molecule has 0 aliphatic heterocycles. The van der Waals surface area contributed by atoms with Gasteiger partial charge in [-0.05, 0) is 39.3 Å². The van der Waals surface area contributed by atoms with E-state index in [1.165, 1.54) is 0 Å². The van der Waals surface area contributed by atoms with Gasteiger partial charge in [0.2, 0.25) is 0 Å². The Bertz CT molecular complexity index is 704. The Morgan fingerprint density at radius 3 is 2.43 bits per heavy atom. The molecule has 0 spiro atoms. The van der Waals surface area contributed by atoms with E-state index in [9.17, 15) is 10.1 Å². The summed E-state index contributed by atoms with van der Waals surface area (Å²) >= 11 is 0. The van der Waals surface area contributed by atoms with Crippen molar-refractivity contribution < 1.29 is 4.92 Å². The maximum atomic E-state index is 11.0. The largest absolute Gasteiger partial charge is 0.380 e. The molecular weight excluding hydrogens is 268 g/mol. The summed E-state index contributed by atoms with van der Waals surface area (Å²) in [7, 11) is 1.91. The van der Waals surface area contributed by atoms with Gasteiger partial charge in [0.25, 0.3) is 5.69 Å². The fourth-order valence-corrected chi connectivity index (χ4v) is 2.48. The van der Waals surface area contributed by atoms with E-state index in [1.807, 2.05) is 38.6 Å². The molecule has 2 rings (SSSR count). The first-order valence-corrected chi connectivity index (χ1v) is 6.79. The van der Waals surface area contributed by atoms with Crippen LogP contribution in [0.1, 0.15) is 28.1 Å². The van der Waals surface area contributed by atoms with Gasteiger partial charge in [-0.3, -0.25) is 14.8 Å². The average molecular weight is 288 g/mol. The van der Waals surface area contributed by atoms with Gasteiger partial charge in [0.05, 0.1) is 10.6 Å². The molecule has 1 aromatic heterocycles. The van der Waals surface area contributed by atoms with Crippen LogP contribution in [0.25, 0.3) is 0 Å². The van der Waals surface area contributed by atoms with Crippen LogP contribution in [0.3, 0.4) is 0 Å². The first-order valence-electron chi connectivity index (χ1n) is 6.79. The van der Waals surface area contributed by atoms with E-state index in [4.69, 9.17) is 0 Å². The number of nitro groups is 1. The van der Waals surface area contributed by atoms with E-state index in [-0.39, 0.29) is 10.6 Å². The fraction of sp³-hybridized carbons (Fsp3) is 0.400. The molecule has 2 aromatic rings. The number of aromatic nitrogens is 2. The summed E-state index contributed by atoms with van der Waals surface area (Å²) < 4.78 is 1.84. The molecule has 0 aliphatic carbocycles. The third kappa shape index (κ3) is 2.89. The van der Waals surface area contributed by atoms with Gasteiger partial charge in [0.15, 0.2) is 0 Å². The van der Waals surface area contributed by atoms with Crippen molar-refractivity contribution >= 4 is 11.4 Å². The molecule has 0 atom stereocenters. The minimum absolute atomic E-state index is 0.141. The van der Waals surface area contributed by atoms with E-state index < -0.39 is 0 Å². The number of anilines is 1. The summed E-state index contributed by atoms with van der Waals surface area (Å²) in [6.07, 6.45) is 0. The molecule has 0 unspecified atom stereocenters. The van der Waals surface area contributed by atoms with Gasteiger partial charge >= 0.3 is 0 Å². The van der Waals surface area contributed by atoms with Crippen LogP contribution in [0.15, 0.2) is 12.1 Å². The van der Waals surface area contributed by atoms with E-state index >= 15 is 0 Å². The first kappa shape index (κ1) is 15.0. The fourth-order valence-electron chi connectivity index (χ4n) is 2.48. The van der Waals surface area contributed by atoms with Gasteiger partial charge in [-0.25, -0.2) is 0 Å². The van der Waals surface area contributed by atoms with Gasteiger partial charge in [0.1, 0.15) is 0 Å². The third-order valence-electron chi connectivity index (χ3n) is 3.85. The van der Waals surface area contributed by atoms with Crippen LogP contribution in [0.4, 0.5) is 11.4 Å². The molecule has 6 nitrogen and oxygen atoms in total. The van der Waals surface area contributed by atoms with Crippen LogP contribution in [-0.4, -0.2) is 14.7 Å². The van der Waals surface area contributed by atoms with Crippen molar-refractivity contribution in [1.82, 2.24) is 9.78 Å². The Balaban J connectivity index is 2.28. The molecule has 0 saturated heterocycles. The lowest BCUT2D eigenvalue weighted by Crippen LogP contribution is -2.05. The van der Waals surface area contributed by atoms with E-state index in [2.05, 4.69) is 10.4 Å². The number of nitrogens with one attached hydrogen (secondary N) is 1. The molecule has 0 aliphatic rings. The zero-order valence-electron chi connectivity index (χ0n) is 13.0. The maximum Gasteiger partial charge on any atom is 0.274 e. The Labute approximate surface area is 123 Å². The lowest BCUT2D eigenvalue weighted by atomic mass is 10.1.